The number of allylic oxidation sites excluding steroid dienone is 7. The first-order chi connectivity index (χ1) is 16.8. The lowest BCUT2D eigenvalue weighted by atomic mass is 10.1. The van der Waals surface area contributed by atoms with E-state index in [1.807, 2.05) is 64.2 Å². The molecule has 192 valence electrons. The summed E-state index contributed by atoms with van der Waals surface area (Å²) in [5.74, 6) is -0.0403. The summed E-state index contributed by atoms with van der Waals surface area (Å²) >= 11 is 1.14. The first-order valence-electron chi connectivity index (χ1n) is 11.9. The minimum atomic E-state index is -0.915. The molecule has 35 heavy (non-hydrogen) atoms. The summed E-state index contributed by atoms with van der Waals surface area (Å²) in [5.41, 5.74) is 7.61. The molecule has 5 N–H and O–H groups in total. The summed E-state index contributed by atoms with van der Waals surface area (Å²) in [6, 6.07) is 1.80. The van der Waals surface area contributed by atoms with Crippen molar-refractivity contribution in [1.82, 2.24) is 4.98 Å². The van der Waals surface area contributed by atoms with Gasteiger partial charge in [-0.1, -0.05) is 52.0 Å². The maximum Gasteiger partial charge on any atom is 0.313 e. The van der Waals surface area contributed by atoms with Crippen LogP contribution in [0.5, 0.6) is 0 Å². The van der Waals surface area contributed by atoms with Crippen LogP contribution in [0.25, 0.3) is 17.8 Å². The normalized spacial score (nSPS) is 14.5. The Hall–Kier alpha value is -2.97. The maximum absolute atomic E-state index is 12.6. The van der Waals surface area contributed by atoms with Crippen LogP contribution in [-0.2, 0) is 9.53 Å². The molecule has 1 unspecified atom stereocenters. The fourth-order valence-corrected chi connectivity index (χ4v) is 3.80. The molecule has 0 saturated heterocycles. The maximum atomic E-state index is 12.6. The van der Waals surface area contributed by atoms with E-state index >= 15 is 0 Å². The second kappa shape index (κ2) is 16.6. The van der Waals surface area contributed by atoms with Gasteiger partial charge in [0.1, 0.15) is 6.61 Å². The molecule has 7 nitrogen and oxygen atoms in total. The fraction of sp³-hybridized carbons (Fsp3) is 0.407. The second-order valence-electron chi connectivity index (χ2n) is 7.47. The zero-order valence-electron chi connectivity index (χ0n) is 21.0. The highest BCUT2D eigenvalue weighted by atomic mass is 32.2. The Morgan fingerprint density at radius 1 is 1.31 bits per heavy atom. The molecular formula is C27H38N2O5S. The molecular weight excluding hydrogens is 464 g/mol. The lowest BCUT2D eigenvalue weighted by molar-refractivity contribution is -0.133. The van der Waals surface area contributed by atoms with Gasteiger partial charge < -0.3 is 25.7 Å². The van der Waals surface area contributed by atoms with E-state index in [1.54, 1.807) is 12.1 Å². The van der Waals surface area contributed by atoms with E-state index in [9.17, 15) is 14.7 Å². The number of rotatable bonds is 12. The molecule has 1 atom stereocenters. The van der Waals surface area contributed by atoms with Gasteiger partial charge in [-0.25, -0.2) is 0 Å². The summed E-state index contributed by atoms with van der Waals surface area (Å²) in [5, 5.41) is 20.4. The number of H-pyrrole nitrogens is 1. The van der Waals surface area contributed by atoms with E-state index in [0.29, 0.717) is 23.4 Å². The van der Waals surface area contributed by atoms with Crippen molar-refractivity contribution in [1.29, 1.82) is 0 Å². The summed E-state index contributed by atoms with van der Waals surface area (Å²) in [6.07, 6.45) is 14.8. The Morgan fingerprint density at radius 3 is 2.71 bits per heavy atom. The van der Waals surface area contributed by atoms with Gasteiger partial charge in [0.2, 0.25) is 0 Å². The van der Waals surface area contributed by atoms with Crippen molar-refractivity contribution in [2.45, 2.75) is 53.1 Å². The lowest BCUT2D eigenvalue weighted by Crippen LogP contribution is -2.36. The number of hydrogen-bond donors (Lipinski definition) is 4. The highest BCUT2D eigenvalue weighted by molar-refractivity contribution is 7.99. The summed E-state index contributed by atoms with van der Waals surface area (Å²) in [7, 11) is 0. The molecule has 1 aromatic rings. The van der Waals surface area contributed by atoms with E-state index in [4.69, 9.17) is 15.6 Å². The van der Waals surface area contributed by atoms with Gasteiger partial charge in [0, 0.05) is 23.2 Å². The molecule has 1 aromatic heterocycles. The minimum absolute atomic E-state index is 0.0604. The number of nitrogens with two attached hydrogens (primary N) is 1. The third-order valence-electron chi connectivity index (χ3n) is 4.72. The topological polar surface area (TPSA) is 126 Å². The number of nitrogens with one attached hydrogen (secondary N) is 1. The van der Waals surface area contributed by atoms with Crippen molar-refractivity contribution >= 4 is 35.6 Å². The standard InChI is InChI=1S/C25H32N2O5S.C2H6/c1-3-8-17(11-20(4-2)32-14-19(28)15-33-16-24(29)30)12-22(26)21-13-18-9-6-5-7-10-23(18)27-25(21)31;1-2/h5,7-13,19,28H,3-4,6,14-16,26H2,1-2H3,(H,27,31)(H,29,30);1-2H3/b17-8+,20-11+,22-12-;. The van der Waals surface area contributed by atoms with Crippen molar-refractivity contribution < 1.29 is 19.7 Å². The van der Waals surface area contributed by atoms with Crippen LogP contribution >= 0.6 is 11.8 Å². The fourth-order valence-electron chi connectivity index (χ4n) is 3.14. The molecule has 1 heterocycles. The average Bonchev–Trinajstić information content (AvgIpc) is 3.07. The summed E-state index contributed by atoms with van der Waals surface area (Å²) < 4.78 is 5.74. The molecule has 0 saturated carbocycles. The molecule has 1 aliphatic carbocycles. The molecule has 0 aliphatic heterocycles. The Morgan fingerprint density at radius 2 is 2.06 bits per heavy atom. The highest BCUT2D eigenvalue weighted by Crippen LogP contribution is 2.15. The van der Waals surface area contributed by atoms with E-state index in [0.717, 1.165) is 40.7 Å². The SMILES string of the molecule is CC.CC/C=C(/C=C(\N)c1cc2c([nH]c1=O)=CC=CCC=2)\C=C(/CC)OCC(O)CSCC(=O)O. The number of ether oxygens (including phenoxy) is 1. The average molecular weight is 503 g/mol. The Kier molecular flexibility index (Phi) is 14.3. The number of carbonyl (C=O) groups is 1. The van der Waals surface area contributed by atoms with Gasteiger partial charge in [-0.3, -0.25) is 9.59 Å². The van der Waals surface area contributed by atoms with Gasteiger partial charge in [-0.2, -0.15) is 0 Å². The predicted octanol–water partition coefficient (Wildman–Crippen LogP) is 3.05. The number of carboxylic acids is 1. The van der Waals surface area contributed by atoms with Crippen LogP contribution in [0.3, 0.4) is 0 Å². The number of aliphatic hydroxyl groups is 1. The third kappa shape index (κ3) is 10.9. The van der Waals surface area contributed by atoms with E-state index in [2.05, 4.69) is 4.98 Å². The number of aromatic amines is 1. The van der Waals surface area contributed by atoms with Crippen molar-refractivity contribution in [3.63, 3.8) is 0 Å². The smallest absolute Gasteiger partial charge is 0.313 e. The molecule has 2 rings (SSSR count). The highest BCUT2D eigenvalue weighted by Gasteiger charge is 2.09. The van der Waals surface area contributed by atoms with E-state index in [-0.39, 0.29) is 23.7 Å². The van der Waals surface area contributed by atoms with E-state index in [1.165, 1.54) is 0 Å². The quantitative estimate of drug-likeness (QED) is 0.256. The molecule has 0 aromatic carbocycles. The molecule has 0 fully saturated rings. The number of fused-ring (bicyclic) bond motifs is 1. The van der Waals surface area contributed by atoms with Crippen LogP contribution in [0.15, 0.2) is 52.6 Å². The second-order valence-corrected chi connectivity index (χ2v) is 8.50. The molecule has 8 heteroatoms. The van der Waals surface area contributed by atoms with Gasteiger partial charge in [-0.05, 0) is 47.9 Å². The van der Waals surface area contributed by atoms with Crippen molar-refractivity contribution in [3.8, 4) is 0 Å². The molecule has 0 spiro atoms. The van der Waals surface area contributed by atoms with Crippen molar-refractivity contribution in [3.05, 3.63) is 74.3 Å². The van der Waals surface area contributed by atoms with Crippen LogP contribution in [0.4, 0.5) is 0 Å². The summed E-state index contributed by atoms with van der Waals surface area (Å²) in [4.78, 5) is 26.1. The molecule has 0 bridgehead atoms. The molecule has 1 aliphatic rings. The number of hydrogen-bond acceptors (Lipinski definition) is 6. The van der Waals surface area contributed by atoms with Crippen LogP contribution in [0.1, 0.15) is 52.5 Å². The largest absolute Gasteiger partial charge is 0.495 e. The van der Waals surface area contributed by atoms with Crippen LogP contribution in [0, 0.1) is 0 Å². The number of aliphatic carboxylic acids is 1. The number of aliphatic hydroxyl groups excluding tert-OH is 1. The zero-order valence-corrected chi connectivity index (χ0v) is 21.9. The lowest BCUT2D eigenvalue weighted by Gasteiger charge is -2.14. The van der Waals surface area contributed by atoms with Gasteiger partial charge in [-0.15, -0.1) is 11.8 Å². The number of aromatic nitrogens is 1. The van der Waals surface area contributed by atoms with Crippen LogP contribution in [-0.4, -0.2) is 45.4 Å². The summed E-state index contributed by atoms with van der Waals surface area (Å²) in [6.45, 7) is 8.00. The Bertz CT molecular complexity index is 1130. The zero-order chi connectivity index (χ0) is 26.2. The number of carboxylic acid groups (broad SMARTS) is 1. The number of pyridine rings is 1. The van der Waals surface area contributed by atoms with Gasteiger partial charge >= 0.3 is 5.97 Å². The molecule has 0 amide bonds. The predicted molar refractivity (Wildman–Crippen MR) is 146 cm³/mol. The first-order valence-corrected chi connectivity index (χ1v) is 13.1. The van der Waals surface area contributed by atoms with Crippen LogP contribution in [0.2, 0.25) is 0 Å². The Balaban J connectivity index is 0.00000298. The van der Waals surface area contributed by atoms with Gasteiger partial charge in [0.25, 0.3) is 5.56 Å². The monoisotopic (exact) mass is 502 g/mol. The van der Waals surface area contributed by atoms with Crippen molar-refractivity contribution in [2.24, 2.45) is 5.73 Å². The van der Waals surface area contributed by atoms with E-state index < -0.39 is 12.1 Å². The van der Waals surface area contributed by atoms with Crippen molar-refractivity contribution in [2.75, 3.05) is 18.1 Å². The third-order valence-corrected chi connectivity index (χ3v) is 5.79. The Labute approximate surface area is 211 Å². The number of thioether (sulfide) groups is 1. The minimum Gasteiger partial charge on any atom is -0.495 e. The van der Waals surface area contributed by atoms with Gasteiger partial charge in [0.15, 0.2) is 0 Å². The van der Waals surface area contributed by atoms with Gasteiger partial charge in [0.05, 0.1) is 23.2 Å². The van der Waals surface area contributed by atoms with Crippen LogP contribution < -0.4 is 21.9 Å². The first kappa shape index (κ1) is 30.1. The molecule has 0 radical (unpaired) electrons.